The minimum atomic E-state index is 0.763. The molecule has 2 heterocycles. The highest BCUT2D eigenvalue weighted by molar-refractivity contribution is 5.37. The Balaban J connectivity index is 2.04. The number of hydrogen-bond acceptors (Lipinski definition) is 3. The maximum atomic E-state index is 4.38. The van der Waals surface area contributed by atoms with Crippen molar-refractivity contribution >= 4 is 5.82 Å². The van der Waals surface area contributed by atoms with Gasteiger partial charge in [0.25, 0.3) is 0 Å². The van der Waals surface area contributed by atoms with Crippen LogP contribution in [0, 0.1) is 0 Å². The van der Waals surface area contributed by atoms with Crippen molar-refractivity contribution in [2.45, 2.75) is 19.9 Å². The van der Waals surface area contributed by atoms with Crippen LogP contribution in [0.4, 0.5) is 5.82 Å². The van der Waals surface area contributed by atoms with Crippen LogP contribution in [-0.2, 0) is 27.1 Å². The third kappa shape index (κ3) is 2.08. The van der Waals surface area contributed by atoms with Gasteiger partial charge in [0, 0.05) is 26.4 Å². The lowest BCUT2D eigenvalue weighted by atomic mass is 10.3. The molecule has 0 saturated heterocycles. The smallest absolute Gasteiger partial charge is 0.124 e. The first-order valence-electron chi connectivity index (χ1n) is 5.44. The van der Waals surface area contributed by atoms with Crippen LogP contribution < -0.4 is 5.32 Å². The van der Waals surface area contributed by atoms with Gasteiger partial charge in [-0.2, -0.15) is 10.2 Å². The third-order valence-corrected chi connectivity index (χ3v) is 2.67. The number of hydrogen-bond donors (Lipinski definition) is 1. The summed E-state index contributed by atoms with van der Waals surface area (Å²) in [5.74, 6) is 1.04. The molecule has 0 spiro atoms. The predicted octanol–water partition coefficient (Wildman–Crippen LogP) is 1.33. The highest BCUT2D eigenvalue weighted by Gasteiger charge is 2.04. The Kier molecular flexibility index (Phi) is 2.94. The molecular weight excluding hydrogens is 202 g/mol. The second kappa shape index (κ2) is 4.38. The predicted molar refractivity (Wildman–Crippen MR) is 63.1 cm³/mol. The van der Waals surface area contributed by atoms with E-state index in [1.165, 1.54) is 0 Å². The summed E-state index contributed by atoms with van der Waals surface area (Å²) in [5.41, 5.74) is 2.26. The molecule has 0 aromatic carbocycles. The molecule has 0 aliphatic carbocycles. The SMILES string of the molecule is CCc1cc(NCc2ccnn2C)n(C)n1. The zero-order valence-electron chi connectivity index (χ0n) is 9.94. The number of nitrogens with zero attached hydrogens (tertiary/aromatic N) is 4. The zero-order valence-corrected chi connectivity index (χ0v) is 9.94. The van der Waals surface area contributed by atoms with E-state index in [0.717, 1.165) is 30.2 Å². The minimum absolute atomic E-state index is 0.763. The maximum absolute atomic E-state index is 4.38. The van der Waals surface area contributed by atoms with Gasteiger partial charge in [-0.1, -0.05) is 6.92 Å². The van der Waals surface area contributed by atoms with Crippen molar-refractivity contribution in [3.63, 3.8) is 0 Å². The molecule has 0 unspecified atom stereocenters. The molecule has 0 bridgehead atoms. The van der Waals surface area contributed by atoms with Crippen molar-refractivity contribution in [2.75, 3.05) is 5.32 Å². The Hall–Kier alpha value is -1.78. The Morgan fingerprint density at radius 3 is 2.69 bits per heavy atom. The van der Waals surface area contributed by atoms with Crippen LogP contribution >= 0.6 is 0 Å². The number of nitrogens with one attached hydrogen (secondary N) is 1. The Morgan fingerprint density at radius 2 is 2.12 bits per heavy atom. The van der Waals surface area contributed by atoms with Crippen LogP contribution in [-0.4, -0.2) is 19.6 Å². The molecule has 2 aromatic heterocycles. The van der Waals surface area contributed by atoms with Crippen LogP contribution in [0.15, 0.2) is 18.3 Å². The highest BCUT2D eigenvalue weighted by atomic mass is 15.3. The second-order valence-electron chi connectivity index (χ2n) is 3.80. The monoisotopic (exact) mass is 219 g/mol. The lowest BCUT2D eigenvalue weighted by molar-refractivity contribution is 0.711. The van der Waals surface area contributed by atoms with Gasteiger partial charge in [-0.15, -0.1) is 0 Å². The molecule has 0 amide bonds. The van der Waals surface area contributed by atoms with E-state index in [2.05, 4.69) is 28.5 Å². The van der Waals surface area contributed by atoms with E-state index in [9.17, 15) is 0 Å². The lowest BCUT2D eigenvalue weighted by Crippen LogP contribution is -2.08. The number of rotatable bonds is 4. The third-order valence-electron chi connectivity index (χ3n) is 2.67. The molecule has 0 fully saturated rings. The summed E-state index contributed by atoms with van der Waals surface area (Å²) < 4.78 is 3.74. The fourth-order valence-corrected chi connectivity index (χ4v) is 1.62. The first-order valence-corrected chi connectivity index (χ1v) is 5.44. The van der Waals surface area contributed by atoms with Crippen molar-refractivity contribution in [1.29, 1.82) is 0 Å². The molecule has 0 saturated carbocycles. The molecule has 5 heteroatoms. The summed E-state index contributed by atoms with van der Waals surface area (Å²) in [4.78, 5) is 0. The molecule has 2 aromatic rings. The molecule has 0 atom stereocenters. The van der Waals surface area contributed by atoms with Crippen LogP contribution in [0.3, 0.4) is 0 Å². The molecule has 86 valence electrons. The summed E-state index contributed by atoms with van der Waals surface area (Å²) in [6.45, 7) is 2.87. The van der Waals surface area contributed by atoms with Crippen LogP contribution in [0.5, 0.6) is 0 Å². The van der Waals surface area contributed by atoms with Crippen molar-refractivity contribution < 1.29 is 0 Å². The average Bonchev–Trinajstić information content (AvgIpc) is 2.82. The van der Waals surface area contributed by atoms with Gasteiger partial charge in [0.1, 0.15) is 5.82 Å². The average molecular weight is 219 g/mol. The van der Waals surface area contributed by atoms with E-state index in [1.807, 2.05) is 29.5 Å². The van der Waals surface area contributed by atoms with Gasteiger partial charge in [-0.3, -0.25) is 9.36 Å². The summed E-state index contributed by atoms with van der Waals surface area (Å²) in [5, 5.41) is 11.9. The van der Waals surface area contributed by atoms with E-state index < -0.39 is 0 Å². The molecular formula is C11H17N5. The summed E-state index contributed by atoms with van der Waals surface area (Å²) in [6.07, 6.45) is 2.76. The lowest BCUT2D eigenvalue weighted by Gasteiger charge is -2.06. The molecule has 1 N–H and O–H groups in total. The fourth-order valence-electron chi connectivity index (χ4n) is 1.62. The Labute approximate surface area is 95.1 Å². The Morgan fingerprint density at radius 1 is 1.31 bits per heavy atom. The van der Waals surface area contributed by atoms with Crippen molar-refractivity contribution in [1.82, 2.24) is 19.6 Å². The summed E-state index contributed by atoms with van der Waals surface area (Å²) in [6, 6.07) is 4.08. The summed E-state index contributed by atoms with van der Waals surface area (Å²) in [7, 11) is 3.89. The molecule has 2 rings (SSSR count). The van der Waals surface area contributed by atoms with Gasteiger partial charge >= 0.3 is 0 Å². The van der Waals surface area contributed by atoms with Gasteiger partial charge in [0.2, 0.25) is 0 Å². The van der Waals surface area contributed by atoms with Crippen molar-refractivity contribution in [2.24, 2.45) is 14.1 Å². The fraction of sp³-hybridized carbons (Fsp3) is 0.455. The standard InChI is InChI=1S/C11H17N5/c1-4-9-7-11(16(3)14-9)12-8-10-5-6-13-15(10)2/h5-7,12H,4,8H2,1-3H3. The minimum Gasteiger partial charge on any atom is -0.365 e. The Bertz CT molecular complexity index is 468. The van der Waals surface area contributed by atoms with E-state index in [4.69, 9.17) is 0 Å². The zero-order chi connectivity index (χ0) is 11.5. The van der Waals surface area contributed by atoms with Gasteiger partial charge < -0.3 is 5.32 Å². The van der Waals surface area contributed by atoms with Crippen molar-refractivity contribution in [3.8, 4) is 0 Å². The summed E-state index contributed by atoms with van der Waals surface area (Å²) >= 11 is 0. The van der Waals surface area contributed by atoms with Crippen LogP contribution in [0.25, 0.3) is 0 Å². The van der Waals surface area contributed by atoms with Gasteiger partial charge in [0.05, 0.1) is 17.9 Å². The molecule has 0 aliphatic heterocycles. The number of anilines is 1. The topological polar surface area (TPSA) is 47.7 Å². The molecule has 0 aliphatic rings. The first-order chi connectivity index (χ1) is 7.70. The normalized spacial score (nSPS) is 10.7. The largest absolute Gasteiger partial charge is 0.365 e. The first kappa shape index (κ1) is 10.7. The van der Waals surface area contributed by atoms with E-state index >= 15 is 0 Å². The van der Waals surface area contributed by atoms with E-state index in [1.54, 1.807) is 6.20 Å². The second-order valence-corrected chi connectivity index (χ2v) is 3.80. The maximum Gasteiger partial charge on any atom is 0.124 e. The van der Waals surface area contributed by atoms with Gasteiger partial charge in [-0.05, 0) is 12.5 Å². The van der Waals surface area contributed by atoms with E-state index in [-0.39, 0.29) is 0 Å². The molecule has 0 radical (unpaired) electrons. The van der Waals surface area contributed by atoms with Crippen molar-refractivity contribution in [3.05, 3.63) is 29.7 Å². The van der Waals surface area contributed by atoms with Crippen LogP contribution in [0.1, 0.15) is 18.3 Å². The molecule has 5 nitrogen and oxygen atoms in total. The number of aryl methyl sites for hydroxylation is 3. The number of aromatic nitrogens is 4. The van der Waals surface area contributed by atoms with Gasteiger partial charge in [0.15, 0.2) is 0 Å². The quantitative estimate of drug-likeness (QED) is 0.844. The van der Waals surface area contributed by atoms with Crippen LogP contribution in [0.2, 0.25) is 0 Å². The highest BCUT2D eigenvalue weighted by Crippen LogP contribution is 2.10. The molecule has 16 heavy (non-hydrogen) atoms. The van der Waals surface area contributed by atoms with E-state index in [0.29, 0.717) is 0 Å². The van der Waals surface area contributed by atoms with Gasteiger partial charge in [-0.25, -0.2) is 0 Å².